The lowest BCUT2D eigenvalue weighted by molar-refractivity contribution is -0.385. The van der Waals surface area contributed by atoms with Crippen LogP contribution in [0.5, 0.6) is 11.5 Å². The molecule has 1 amide bonds. The molecule has 0 radical (unpaired) electrons. The highest BCUT2D eigenvalue weighted by molar-refractivity contribution is 5.99. The SMILES string of the molecule is COc1cc(C(=O)NCC(N)c2ccc(C(C)C)cc2)c([N+](=O)[O-])cc1OC. The molecule has 1 unspecified atom stereocenters. The van der Waals surface area contributed by atoms with Crippen LogP contribution >= 0.6 is 0 Å². The van der Waals surface area contributed by atoms with Crippen molar-refractivity contribution in [2.45, 2.75) is 25.8 Å². The third-order valence-electron chi connectivity index (χ3n) is 4.46. The molecule has 8 nitrogen and oxygen atoms in total. The Morgan fingerprint density at radius 3 is 2.14 bits per heavy atom. The number of nitrogens with zero attached hydrogens (tertiary/aromatic N) is 1. The van der Waals surface area contributed by atoms with Crippen LogP contribution < -0.4 is 20.5 Å². The van der Waals surface area contributed by atoms with Crippen molar-refractivity contribution in [1.82, 2.24) is 5.32 Å². The summed E-state index contributed by atoms with van der Waals surface area (Å²) in [5, 5.41) is 14.0. The zero-order chi connectivity index (χ0) is 20.8. The van der Waals surface area contributed by atoms with Gasteiger partial charge in [0.1, 0.15) is 5.56 Å². The minimum absolute atomic E-state index is 0.120. The smallest absolute Gasteiger partial charge is 0.286 e. The number of carbonyl (C=O) groups excluding carboxylic acids is 1. The predicted molar refractivity (Wildman–Crippen MR) is 106 cm³/mol. The number of nitro groups is 1. The van der Waals surface area contributed by atoms with E-state index in [1.807, 2.05) is 24.3 Å². The molecule has 28 heavy (non-hydrogen) atoms. The van der Waals surface area contributed by atoms with Gasteiger partial charge in [0.2, 0.25) is 0 Å². The lowest BCUT2D eigenvalue weighted by Gasteiger charge is -2.15. The Bertz CT molecular complexity index is 850. The van der Waals surface area contributed by atoms with Crippen molar-refractivity contribution >= 4 is 11.6 Å². The van der Waals surface area contributed by atoms with E-state index >= 15 is 0 Å². The van der Waals surface area contributed by atoms with E-state index in [1.165, 1.54) is 25.8 Å². The molecule has 0 aliphatic rings. The zero-order valence-corrected chi connectivity index (χ0v) is 16.4. The molecule has 0 saturated carbocycles. The highest BCUT2D eigenvalue weighted by atomic mass is 16.6. The van der Waals surface area contributed by atoms with Crippen molar-refractivity contribution in [3.05, 3.63) is 63.2 Å². The van der Waals surface area contributed by atoms with Crippen molar-refractivity contribution in [3.8, 4) is 11.5 Å². The Labute approximate surface area is 163 Å². The second kappa shape index (κ2) is 9.18. The topological polar surface area (TPSA) is 117 Å². The second-order valence-corrected chi connectivity index (χ2v) is 6.62. The van der Waals surface area contributed by atoms with Gasteiger partial charge in [-0.2, -0.15) is 0 Å². The van der Waals surface area contributed by atoms with Crippen LogP contribution in [0.25, 0.3) is 0 Å². The van der Waals surface area contributed by atoms with Crippen LogP contribution in [0, 0.1) is 10.1 Å². The number of hydrogen-bond acceptors (Lipinski definition) is 6. The summed E-state index contributed by atoms with van der Waals surface area (Å²) in [6.45, 7) is 4.34. The molecule has 0 fully saturated rings. The molecule has 2 rings (SSSR count). The number of carbonyl (C=O) groups is 1. The minimum atomic E-state index is -0.637. The molecule has 1 atom stereocenters. The molecule has 2 aromatic carbocycles. The summed E-state index contributed by atoms with van der Waals surface area (Å²) in [6.07, 6.45) is 0. The number of methoxy groups -OCH3 is 2. The summed E-state index contributed by atoms with van der Waals surface area (Å²) in [5.74, 6) is 0.206. The lowest BCUT2D eigenvalue weighted by Crippen LogP contribution is -2.32. The van der Waals surface area contributed by atoms with Crippen molar-refractivity contribution in [2.75, 3.05) is 20.8 Å². The third kappa shape index (κ3) is 4.77. The van der Waals surface area contributed by atoms with E-state index < -0.39 is 16.9 Å². The molecule has 2 aromatic rings. The molecule has 0 spiro atoms. The molecule has 0 aliphatic carbocycles. The van der Waals surface area contributed by atoms with Gasteiger partial charge < -0.3 is 20.5 Å². The Morgan fingerprint density at radius 1 is 1.11 bits per heavy atom. The fraction of sp³-hybridized carbons (Fsp3) is 0.350. The van der Waals surface area contributed by atoms with Gasteiger partial charge in [0, 0.05) is 18.7 Å². The largest absolute Gasteiger partial charge is 0.493 e. The van der Waals surface area contributed by atoms with Gasteiger partial charge in [-0.15, -0.1) is 0 Å². The number of nitrogens with one attached hydrogen (secondary N) is 1. The molecular formula is C20H25N3O5. The zero-order valence-electron chi connectivity index (χ0n) is 16.4. The van der Waals surface area contributed by atoms with Gasteiger partial charge in [0.05, 0.1) is 25.2 Å². The average Bonchev–Trinajstić information content (AvgIpc) is 2.70. The Kier molecular flexibility index (Phi) is 6.94. The highest BCUT2D eigenvalue weighted by Gasteiger charge is 2.24. The molecule has 0 aliphatic heterocycles. The van der Waals surface area contributed by atoms with E-state index in [1.54, 1.807) is 0 Å². The van der Waals surface area contributed by atoms with E-state index in [9.17, 15) is 14.9 Å². The van der Waals surface area contributed by atoms with Crippen LogP contribution in [0.15, 0.2) is 36.4 Å². The maximum absolute atomic E-state index is 12.5. The predicted octanol–water partition coefficient (Wildman–Crippen LogP) is 3.17. The summed E-state index contributed by atoms with van der Waals surface area (Å²) in [6, 6.07) is 9.86. The fourth-order valence-electron chi connectivity index (χ4n) is 2.75. The number of hydrogen-bond donors (Lipinski definition) is 2. The minimum Gasteiger partial charge on any atom is -0.493 e. The van der Waals surface area contributed by atoms with Crippen molar-refractivity contribution in [1.29, 1.82) is 0 Å². The van der Waals surface area contributed by atoms with Crippen LogP contribution in [-0.4, -0.2) is 31.6 Å². The molecule has 150 valence electrons. The first-order valence-electron chi connectivity index (χ1n) is 8.82. The van der Waals surface area contributed by atoms with E-state index in [-0.39, 0.29) is 29.3 Å². The van der Waals surface area contributed by atoms with Crippen LogP contribution in [-0.2, 0) is 0 Å². The first-order valence-corrected chi connectivity index (χ1v) is 8.82. The first-order chi connectivity index (χ1) is 13.3. The van der Waals surface area contributed by atoms with Gasteiger partial charge >= 0.3 is 0 Å². The Hall–Kier alpha value is -3.13. The van der Waals surface area contributed by atoms with E-state index in [0.29, 0.717) is 5.92 Å². The second-order valence-electron chi connectivity index (χ2n) is 6.62. The quantitative estimate of drug-likeness (QED) is 0.531. The van der Waals surface area contributed by atoms with E-state index in [0.717, 1.165) is 11.6 Å². The lowest BCUT2D eigenvalue weighted by atomic mass is 9.99. The summed E-state index contributed by atoms with van der Waals surface area (Å²) in [5.41, 5.74) is 7.73. The van der Waals surface area contributed by atoms with Crippen molar-refractivity contribution in [3.63, 3.8) is 0 Å². The molecule has 0 bridgehead atoms. The maximum Gasteiger partial charge on any atom is 0.286 e. The summed E-state index contributed by atoms with van der Waals surface area (Å²) >= 11 is 0. The third-order valence-corrected chi connectivity index (χ3v) is 4.46. The van der Waals surface area contributed by atoms with Crippen LogP contribution in [0.2, 0.25) is 0 Å². The monoisotopic (exact) mass is 387 g/mol. The van der Waals surface area contributed by atoms with Crippen molar-refractivity contribution < 1.29 is 19.2 Å². The van der Waals surface area contributed by atoms with Crippen LogP contribution in [0.4, 0.5) is 5.69 Å². The van der Waals surface area contributed by atoms with Gasteiger partial charge in [0.15, 0.2) is 11.5 Å². The first kappa shape index (κ1) is 21.2. The van der Waals surface area contributed by atoms with Gasteiger partial charge in [0.25, 0.3) is 11.6 Å². The summed E-state index contributed by atoms with van der Waals surface area (Å²) in [4.78, 5) is 23.3. The van der Waals surface area contributed by atoms with Gasteiger partial charge in [-0.1, -0.05) is 38.1 Å². The number of nitrogens with two attached hydrogens (primary N) is 1. The number of rotatable bonds is 8. The maximum atomic E-state index is 12.5. The average molecular weight is 387 g/mol. The number of benzene rings is 2. The molecule has 8 heteroatoms. The molecule has 0 heterocycles. The Morgan fingerprint density at radius 2 is 1.64 bits per heavy atom. The Balaban J connectivity index is 2.16. The normalized spacial score (nSPS) is 11.8. The molecular weight excluding hydrogens is 362 g/mol. The van der Waals surface area contributed by atoms with E-state index in [2.05, 4.69) is 19.2 Å². The summed E-state index contributed by atoms with van der Waals surface area (Å²) < 4.78 is 10.2. The van der Waals surface area contributed by atoms with Gasteiger partial charge in [-0.3, -0.25) is 14.9 Å². The summed E-state index contributed by atoms with van der Waals surface area (Å²) in [7, 11) is 2.76. The molecule has 0 saturated heterocycles. The van der Waals surface area contributed by atoms with E-state index in [4.69, 9.17) is 15.2 Å². The fourth-order valence-corrected chi connectivity index (χ4v) is 2.75. The molecule has 0 aromatic heterocycles. The standard InChI is InChI=1S/C20H25N3O5/c1-12(2)13-5-7-14(8-6-13)16(21)11-22-20(24)15-9-18(27-3)19(28-4)10-17(15)23(25)26/h5-10,12,16H,11,21H2,1-4H3,(H,22,24). The van der Waals surface area contributed by atoms with Crippen LogP contribution in [0.1, 0.15) is 47.3 Å². The van der Waals surface area contributed by atoms with Gasteiger partial charge in [-0.25, -0.2) is 0 Å². The van der Waals surface area contributed by atoms with Crippen molar-refractivity contribution in [2.24, 2.45) is 5.73 Å². The number of amides is 1. The molecule has 3 N–H and O–H groups in total. The number of nitro benzene ring substituents is 1. The van der Waals surface area contributed by atoms with Gasteiger partial charge in [-0.05, 0) is 17.0 Å². The number of ether oxygens (including phenoxy) is 2. The highest BCUT2D eigenvalue weighted by Crippen LogP contribution is 2.34. The van der Waals surface area contributed by atoms with Crippen LogP contribution in [0.3, 0.4) is 0 Å².